The van der Waals surface area contributed by atoms with Gasteiger partial charge < -0.3 is 15.2 Å². The second kappa shape index (κ2) is 3.66. The highest BCUT2D eigenvalue weighted by Crippen LogP contribution is 2.34. The van der Waals surface area contributed by atoms with Gasteiger partial charge in [-0.1, -0.05) is 0 Å². The van der Waals surface area contributed by atoms with Gasteiger partial charge in [0.2, 0.25) is 0 Å². The molecule has 0 amide bonds. The molecule has 5 nitrogen and oxygen atoms in total. The zero-order chi connectivity index (χ0) is 11.3. The summed E-state index contributed by atoms with van der Waals surface area (Å²) in [6.07, 6.45) is 2.93. The molecule has 5 unspecified atom stereocenters. The van der Waals surface area contributed by atoms with Crippen LogP contribution in [0, 0.1) is 0 Å². The van der Waals surface area contributed by atoms with E-state index in [9.17, 15) is 13.5 Å². The summed E-state index contributed by atoms with van der Waals surface area (Å²) in [6.45, 7) is 0. The van der Waals surface area contributed by atoms with E-state index in [1.54, 1.807) is 0 Å². The molecule has 2 N–H and O–H groups in total. The van der Waals surface area contributed by atoms with Gasteiger partial charge in [-0.15, -0.1) is 0 Å². The van der Waals surface area contributed by atoms with E-state index in [0.29, 0.717) is 6.10 Å². The van der Waals surface area contributed by atoms with E-state index in [0.717, 1.165) is 19.3 Å². The molecule has 0 spiro atoms. The highest BCUT2D eigenvalue weighted by molar-refractivity contribution is 7.91. The van der Waals surface area contributed by atoms with Crippen LogP contribution in [-0.4, -0.2) is 55.4 Å². The third-order valence-corrected chi connectivity index (χ3v) is 5.57. The third-order valence-electron chi connectivity index (χ3n) is 3.86. The molecular formula is C10H17NO4S. The van der Waals surface area contributed by atoms with Gasteiger partial charge in [-0.3, -0.25) is 0 Å². The van der Waals surface area contributed by atoms with E-state index in [1.807, 2.05) is 0 Å². The highest BCUT2D eigenvalue weighted by atomic mass is 32.2. The van der Waals surface area contributed by atoms with Crippen molar-refractivity contribution in [3.8, 4) is 0 Å². The monoisotopic (exact) mass is 247 g/mol. The molecule has 5 atom stereocenters. The molecule has 92 valence electrons. The predicted octanol–water partition coefficient (Wildman–Crippen LogP) is -0.946. The van der Waals surface area contributed by atoms with Crippen molar-refractivity contribution in [1.82, 2.24) is 5.32 Å². The molecule has 0 aromatic rings. The van der Waals surface area contributed by atoms with Gasteiger partial charge in [-0.25, -0.2) is 8.42 Å². The summed E-state index contributed by atoms with van der Waals surface area (Å²) in [5, 5.41) is 12.9. The Balaban J connectivity index is 1.63. The first-order chi connectivity index (χ1) is 7.53. The summed E-state index contributed by atoms with van der Waals surface area (Å²) in [5.74, 6) is -0.0472. The van der Waals surface area contributed by atoms with Crippen LogP contribution in [-0.2, 0) is 14.6 Å². The average Bonchev–Trinajstić information content (AvgIpc) is 2.81. The van der Waals surface area contributed by atoms with Crippen LogP contribution in [0.4, 0.5) is 0 Å². The number of sulfone groups is 1. The maximum Gasteiger partial charge on any atom is 0.154 e. The van der Waals surface area contributed by atoms with Gasteiger partial charge in [0.15, 0.2) is 9.84 Å². The van der Waals surface area contributed by atoms with E-state index < -0.39 is 15.9 Å². The zero-order valence-corrected chi connectivity index (χ0v) is 9.82. The lowest BCUT2D eigenvalue weighted by molar-refractivity contribution is 0.0913. The lowest BCUT2D eigenvalue weighted by Crippen LogP contribution is -2.48. The number of rotatable bonds is 2. The van der Waals surface area contributed by atoms with Crippen molar-refractivity contribution in [2.75, 3.05) is 11.5 Å². The molecule has 16 heavy (non-hydrogen) atoms. The maximum absolute atomic E-state index is 11.4. The Morgan fingerprint density at radius 3 is 2.50 bits per heavy atom. The summed E-state index contributed by atoms with van der Waals surface area (Å²) in [5.41, 5.74) is 0. The van der Waals surface area contributed by atoms with Crippen LogP contribution < -0.4 is 5.32 Å². The topological polar surface area (TPSA) is 75.6 Å². The molecular weight excluding hydrogens is 230 g/mol. The van der Waals surface area contributed by atoms with Gasteiger partial charge in [0.25, 0.3) is 0 Å². The Labute approximate surface area is 95.1 Å². The van der Waals surface area contributed by atoms with Crippen molar-refractivity contribution in [3.05, 3.63) is 0 Å². The van der Waals surface area contributed by atoms with E-state index in [2.05, 4.69) is 5.32 Å². The quantitative estimate of drug-likeness (QED) is 0.658. The minimum atomic E-state index is -3.05. The fourth-order valence-electron chi connectivity index (χ4n) is 3.08. The van der Waals surface area contributed by atoms with E-state index in [1.165, 1.54) is 0 Å². The molecule has 0 saturated carbocycles. The number of ether oxygens (including phenoxy) is 1. The van der Waals surface area contributed by atoms with Crippen molar-refractivity contribution < 1.29 is 18.3 Å². The van der Waals surface area contributed by atoms with Crippen LogP contribution in [0.25, 0.3) is 0 Å². The highest BCUT2D eigenvalue weighted by Gasteiger charge is 2.44. The second-order valence-electron chi connectivity index (χ2n) is 5.13. The van der Waals surface area contributed by atoms with Crippen molar-refractivity contribution >= 4 is 9.84 Å². The zero-order valence-electron chi connectivity index (χ0n) is 9.00. The molecule has 3 aliphatic rings. The number of aliphatic hydroxyl groups excluding tert-OH is 1. The number of aliphatic hydroxyl groups is 1. The molecule has 6 heteroatoms. The minimum Gasteiger partial charge on any atom is -0.390 e. The van der Waals surface area contributed by atoms with Crippen LogP contribution in [0.3, 0.4) is 0 Å². The van der Waals surface area contributed by atoms with Crippen LogP contribution in [0.1, 0.15) is 19.3 Å². The fraction of sp³-hybridized carbons (Fsp3) is 1.00. The Bertz CT molecular complexity index is 382. The van der Waals surface area contributed by atoms with E-state index in [4.69, 9.17) is 4.74 Å². The normalized spacial score (nSPS) is 49.9. The van der Waals surface area contributed by atoms with Gasteiger partial charge in [0.05, 0.1) is 29.8 Å². The number of hydrogen-bond donors (Lipinski definition) is 2. The fourth-order valence-corrected chi connectivity index (χ4v) is 4.83. The predicted molar refractivity (Wildman–Crippen MR) is 57.9 cm³/mol. The summed E-state index contributed by atoms with van der Waals surface area (Å²) >= 11 is 0. The van der Waals surface area contributed by atoms with Gasteiger partial charge in [0, 0.05) is 12.1 Å². The van der Waals surface area contributed by atoms with Crippen molar-refractivity contribution in [3.63, 3.8) is 0 Å². The van der Waals surface area contributed by atoms with Crippen LogP contribution >= 0.6 is 0 Å². The lowest BCUT2D eigenvalue weighted by Gasteiger charge is -2.25. The summed E-state index contributed by atoms with van der Waals surface area (Å²) in [4.78, 5) is 0. The molecule has 3 rings (SSSR count). The number of nitrogens with one attached hydrogen (secondary N) is 1. The average molecular weight is 247 g/mol. The SMILES string of the molecule is O=S1(=O)CC(O)C(NC2CC3CCC2O3)C1. The number of fused-ring (bicyclic) bond motifs is 2. The summed E-state index contributed by atoms with van der Waals surface area (Å²) in [6, 6.07) is -0.0790. The van der Waals surface area contributed by atoms with Crippen molar-refractivity contribution in [1.29, 1.82) is 0 Å². The summed E-state index contributed by atoms with van der Waals surface area (Å²) in [7, 11) is -3.05. The molecule has 3 aliphatic heterocycles. The van der Waals surface area contributed by atoms with Gasteiger partial charge >= 0.3 is 0 Å². The standard InChI is InChI=1S/C10H17NO4S/c12-9-5-16(13,14)4-8(9)11-7-3-6-1-2-10(7)15-6/h6-12H,1-5H2. The van der Waals surface area contributed by atoms with Crippen LogP contribution in [0.15, 0.2) is 0 Å². The largest absolute Gasteiger partial charge is 0.390 e. The Hall–Kier alpha value is -0.170. The first-order valence-corrected chi connectivity index (χ1v) is 7.66. The second-order valence-corrected chi connectivity index (χ2v) is 7.29. The van der Waals surface area contributed by atoms with E-state index >= 15 is 0 Å². The Morgan fingerprint density at radius 1 is 1.19 bits per heavy atom. The molecule has 3 saturated heterocycles. The van der Waals surface area contributed by atoms with Crippen LogP contribution in [0.5, 0.6) is 0 Å². The van der Waals surface area contributed by atoms with Crippen LogP contribution in [0.2, 0.25) is 0 Å². The molecule has 0 radical (unpaired) electrons. The van der Waals surface area contributed by atoms with Crippen molar-refractivity contribution in [2.24, 2.45) is 0 Å². The smallest absolute Gasteiger partial charge is 0.154 e. The molecule has 3 fully saturated rings. The van der Waals surface area contributed by atoms with Crippen molar-refractivity contribution in [2.45, 2.75) is 49.7 Å². The molecule has 0 aromatic carbocycles. The Morgan fingerprint density at radius 2 is 2.00 bits per heavy atom. The van der Waals surface area contributed by atoms with E-state index in [-0.39, 0.29) is 29.7 Å². The molecule has 0 aromatic heterocycles. The minimum absolute atomic E-state index is 0.0576. The number of hydrogen-bond acceptors (Lipinski definition) is 5. The molecule has 3 heterocycles. The lowest BCUT2D eigenvalue weighted by atomic mass is 9.94. The summed E-state index contributed by atoms with van der Waals surface area (Å²) < 4.78 is 28.4. The maximum atomic E-state index is 11.4. The van der Waals surface area contributed by atoms with Gasteiger partial charge in [-0.05, 0) is 19.3 Å². The Kier molecular flexibility index (Phi) is 2.51. The molecule has 0 aliphatic carbocycles. The first kappa shape index (κ1) is 11.0. The third kappa shape index (κ3) is 1.88. The molecule has 2 bridgehead atoms. The van der Waals surface area contributed by atoms with Gasteiger partial charge in [0.1, 0.15) is 0 Å². The first-order valence-electron chi connectivity index (χ1n) is 5.83. The van der Waals surface area contributed by atoms with Gasteiger partial charge in [-0.2, -0.15) is 0 Å².